The van der Waals surface area contributed by atoms with Gasteiger partial charge in [-0.05, 0) is 67.1 Å². The second kappa shape index (κ2) is 12.2. The van der Waals surface area contributed by atoms with Crippen molar-refractivity contribution < 1.29 is 23.5 Å². The summed E-state index contributed by atoms with van der Waals surface area (Å²) >= 11 is 6.23. The highest BCUT2D eigenvalue weighted by Crippen LogP contribution is 2.27. The molecule has 35 heavy (non-hydrogen) atoms. The maximum Gasteiger partial charge on any atom is 0.266 e. The number of hydrogen-bond donors (Lipinski definition) is 2. The number of anilines is 2. The van der Waals surface area contributed by atoms with Gasteiger partial charge in [-0.2, -0.15) is 5.26 Å². The van der Waals surface area contributed by atoms with Gasteiger partial charge in [-0.25, -0.2) is 4.39 Å². The molecule has 0 saturated carbocycles. The summed E-state index contributed by atoms with van der Waals surface area (Å²) in [6.07, 6.45) is 1.38. The number of para-hydroxylation sites is 1. The van der Waals surface area contributed by atoms with Crippen LogP contribution < -0.4 is 20.1 Å². The Hall–Kier alpha value is -4.35. The highest BCUT2D eigenvalue weighted by molar-refractivity contribution is 6.32. The molecule has 0 bridgehead atoms. The Morgan fingerprint density at radius 3 is 2.46 bits per heavy atom. The molecule has 0 aliphatic rings. The molecular weight excluding hydrogens is 473 g/mol. The van der Waals surface area contributed by atoms with Crippen molar-refractivity contribution in [2.45, 2.75) is 6.92 Å². The van der Waals surface area contributed by atoms with Gasteiger partial charge in [0.25, 0.3) is 11.8 Å². The van der Waals surface area contributed by atoms with Crippen LogP contribution in [0.4, 0.5) is 15.8 Å². The molecule has 9 heteroatoms. The van der Waals surface area contributed by atoms with E-state index in [0.717, 1.165) is 0 Å². The first kappa shape index (κ1) is 25.3. The van der Waals surface area contributed by atoms with Crippen molar-refractivity contribution in [3.8, 4) is 17.6 Å². The summed E-state index contributed by atoms with van der Waals surface area (Å²) in [5.74, 6) is -0.825. The van der Waals surface area contributed by atoms with Gasteiger partial charge in [0.05, 0.1) is 17.3 Å². The first-order valence-corrected chi connectivity index (χ1v) is 10.9. The van der Waals surface area contributed by atoms with Crippen LogP contribution in [0, 0.1) is 17.1 Å². The average Bonchev–Trinajstić information content (AvgIpc) is 2.84. The molecule has 0 heterocycles. The Morgan fingerprint density at radius 1 is 1.06 bits per heavy atom. The third kappa shape index (κ3) is 7.32. The largest absolute Gasteiger partial charge is 0.494 e. The van der Waals surface area contributed by atoms with Crippen LogP contribution in [0.2, 0.25) is 5.02 Å². The fourth-order valence-corrected chi connectivity index (χ4v) is 3.17. The van der Waals surface area contributed by atoms with Crippen LogP contribution in [0.3, 0.4) is 0 Å². The summed E-state index contributed by atoms with van der Waals surface area (Å²) in [6.45, 7) is 2.01. The smallest absolute Gasteiger partial charge is 0.266 e. The van der Waals surface area contributed by atoms with Gasteiger partial charge in [-0.15, -0.1) is 0 Å². The molecule has 3 aromatic carbocycles. The monoisotopic (exact) mass is 493 g/mol. The van der Waals surface area contributed by atoms with E-state index in [9.17, 15) is 19.2 Å². The minimum absolute atomic E-state index is 0.0419. The maximum absolute atomic E-state index is 13.6. The van der Waals surface area contributed by atoms with Crippen molar-refractivity contribution in [1.29, 1.82) is 5.26 Å². The Kier molecular flexibility index (Phi) is 8.82. The number of carbonyl (C=O) groups excluding carboxylic acids is 2. The summed E-state index contributed by atoms with van der Waals surface area (Å²) in [4.78, 5) is 24.5. The van der Waals surface area contributed by atoms with E-state index >= 15 is 0 Å². The van der Waals surface area contributed by atoms with Gasteiger partial charge < -0.3 is 20.1 Å². The van der Waals surface area contributed by atoms with Crippen LogP contribution in [-0.2, 0) is 9.59 Å². The molecule has 0 fully saturated rings. The standard InChI is InChI=1S/C26H21ClFN3O4/c1-2-34-20-10-8-19(9-11-20)30-26(33)18(15-29)13-17-7-12-24(21(27)14-17)35-16-25(32)31-23-6-4-3-5-22(23)28/h3-14H,2,16H2,1H3,(H,30,33)(H,31,32). The highest BCUT2D eigenvalue weighted by atomic mass is 35.5. The van der Waals surface area contributed by atoms with Crippen molar-refractivity contribution in [3.05, 3.63) is 88.7 Å². The van der Waals surface area contributed by atoms with Gasteiger partial charge >= 0.3 is 0 Å². The Morgan fingerprint density at radius 2 is 1.80 bits per heavy atom. The van der Waals surface area contributed by atoms with Crippen molar-refractivity contribution in [3.63, 3.8) is 0 Å². The second-order valence-electron chi connectivity index (χ2n) is 7.09. The van der Waals surface area contributed by atoms with E-state index in [1.165, 1.54) is 36.4 Å². The van der Waals surface area contributed by atoms with E-state index in [1.54, 1.807) is 36.4 Å². The first-order chi connectivity index (χ1) is 16.9. The van der Waals surface area contributed by atoms with Gasteiger partial charge in [-0.3, -0.25) is 9.59 Å². The van der Waals surface area contributed by atoms with Crippen molar-refractivity contribution in [2.75, 3.05) is 23.8 Å². The molecule has 178 valence electrons. The van der Waals surface area contributed by atoms with Crippen molar-refractivity contribution >= 4 is 40.9 Å². The predicted octanol–water partition coefficient (Wildman–Crippen LogP) is 5.44. The van der Waals surface area contributed by atoms with Crippen LogP contribution in [0.1, 0.15) is 12.5 Å². The van der Waals surface area contributed by atoms with E-state index < -0.39 is 24.2 Å². The third-order valence-corrected chi connectivity index (χ3v) is 4.86. The van der Waals surface area contributed by atoms with Crippen LogP contribution in [0.15, 0.2) is 72.3 Å². The van der Waals surface area contributed by atoms with Crippen LogP contribution >= 0.6 is 11.6 Å². The maximum atomic E-state index is 13.6. The Balaban J connectivity index is 1.62. The highest BCUT2D eigenvalue weighted by Gasteiger charge is 2.12. The lowest BCUT2D eigenvalue weighted by molar-refractivity contribution is -0.118. The van der Waals surface area contributed by atoms with E-state index in [-0.39, 0.29) is 22.0 Å². The number of rotatable bonds is 9. The molecule has 0 radical (unpaired) electrons. The topological polar surface area (TPSA) is 100 Å². The molecule has 0 unspecified atom stereocenters. The minimum atomic E-state index is -0.585. The number of hydrogen-bond acceptors (Lipinski definition) is 5. The number of nitriles is 1. The predicted molar refractivity (Wildman–Crippen MR) is 132 cm³/mol. The van der Waals surface area contributed by atoms with Crippen molar-refractivity contribution in [2.24, 2.45) is 0 Å². The number of nitrogens with one attached hydrogen (secondary N) is 2. The summed E-state index contributed by atoms with van der Waals surface area (Å²) in [5.41, 5.74) is 0.903. The lowest BCUT2D eigenvalue weighted by atomic mass is 10.1. The Labute approximate surface area is 206 Å². The van der Waals surface area contributed by atoms with Gasteiger partial charge in [-0.1, -0.05) is 29.8 Å². The van der Waals surface area contributed by atoms with E-state index in [0.29, 0.717) is 23.6 Å². The first-order valence-electron chi connectivity index (χ1n) is 10.5. The number of carbonyl (C=O) groups is 2. The zero-order valence-corrected chi connectivity index (χ0v) is 19.4. The third-order valence-electron chi connectivity index (χ3n) is 4.56. The number of ether oxygens (including phenoxy) is 2. The molecule has 2 N–H and O–H groups in total. The molecule has 7 nitrogen and oxygen atoms in total. The molecule has 3 aromatic rings. The molecule has 0 aliphatic heterocycles. The van der Waals surface area contributed by atoms with E-state index in [1.807, 2.05) is 13.0 Å². The lowest BCUT2D eigenvalue weighted by Gasteiger charge is -2.10. The fraction of sp³-hybridized carbons (Fsp3) is 0.115. The summed E-state index contributed by atoms with van der Waals surface area (Å²) < 4.78 is 24.4. The second-order valence-corrected chi connectivity index (χ2v) is 7.50. The molecule has 2 amide bonds. The molecule has 0 aromatic heterocycles. The molecule has 0 spiro atoms. The van der Waals surface area contributed by atoms with Crippen molar-refractivity contribution in [1.82, 2.24) is 0 Å². The number of amides is 2. The van der Waals surface area contributed by atoms with Gasteiger partial charge in [0, 0.05) is 5.69 Å². The average molecular weight is 494 g/mol. The fourth-order valence-electron chi connectivity index (χ4n) is 2.93. The number of halogens is 2. The zero-order chi connectivity index (χ0) is 25.2. The van der Waals surface area contributed by atoms with Crippen LogP contribution in [-0.4, -0.2) is 25.0 Å². The van der Waals surface area contributed by atoms with Gasteiger partial charge in [0.2, 0.25) is 0 Å². The SMILES string of the molecule is CCOc1ccc(NC(=O)C(C#N)=Cc2ccc(OCC(=O)Nc3ccccc3F)c(Cl)c2)cc1. The summed E-state index contributed by atoms with van der Waals surface area (Å²) in [6, 6.07) is 19.0. The number of benzene rings is 3. The molecule has 3 rings (SSSR count). The normalized spacial score (nSPS) is 10.7. The summed E-state index contributed by atoms with van der Waals surface area (Å²) in [7, 11) is 0. The quantitative estimate of drug-likeness (QED) is 0.305. The van der Waals surface area contributed by atoms with Gasteiger partial charge in [0.15, 0.2) is 6.61 Å². The summed E-state index contributed by atoms with van der Waals surface area (Å²) in [5, 5.41) is 14.7. The van der Waals surface area contributed by atoms with Gasteiger partial charge in [0.1, 0.15) is 29.0 Å². The molecule has 0 saturated heterocycles. The Bertz CT molecular complexity index is 1290. The van der Waals surface area contributed by atoms with Crippen LogP contribution in [0.5, 0.6) is 11.5 Å². The van der Waals surface area contributed by atoms with Crippen LogP contribution in [0.25, 0.3) is 6.08 Å². The molecule has 0 aliphatic carbocycles. The molecular formula is C26H21ClFN3O4. The lowest BCUT2D eigenvalue weighted by Crippen LogP contribution is -2.20. The van der Waals surface area contributed by atoms with E-state index in [2.05, 4.69) is 10.6 Å². The van der Waals surface area contributed by atoms with E-state index in [4.69, 9.17) is 21.1 Å². The number of nitrogens with zero attached hydrogens (tertiary/aromatic N) is 1. The molecule has 0 atom stereocenters. The zero-order valence-electron chi connectivity index (χ0n) is 18.7. The minimum Gasteiger partial charge on any atom is -0.494 e.